The van der Waals surface area contributed by atoms with E-state index < -0.39 is 12.0 Å². The van der Waals surface area contributed by atoms with Crippen LogP contribution in [-0.4, -0.2) is 18.1 Å². The van der Waals surface area contributed by atoms with Crippen molar-refractivity contribution in [2.75, 3.05) is 12.4 Å². The molecule has 0 heterocycles. The highest BCUT2D eigenvalue weighted by Crippen LogP contribution is 2.23. The highest BCUT2D eigenvalue weighted by molar-refractivity contribution is 5.92. The Morgan fingerprint density at radius 2 is 1.71 bits per heavy atom. The van der Waals surface area contributed by atoms with E-state index in [0.717, 1.165) is 11.3 Å². The summed E-state index contributed by atoms with van der Waals surface area (Å²) in [5.74, 6) is -0.0450. The van der Waals surface area contributed by atoms with E-state index in [1.807, 2.05) is 30.3 Å². The molecule has 0 aromatic heterocycles. The van der Waals surface area contributed by atoms with Crippen molar-refractivity contribution in [1.29, 1.82) is 0 Å². The molecule has 0 unspecified atom stereocenters. The number of nitrogens with one attached hydrogen (secondary N) is 1. The SMILES string of the molecule is COc1ccc(NC(=O)[C@@H](C)[C@@H](O)c2ccccc2)cc1. The van der Waals surface area contributed by atoms with Crippen molar-refractivity contribution in [3.8, 4) is 5.75 Å². The Morgan fingerprint density at radius 1 is 1.10 bits per heavy atom. The van der Waals surface area contributed by atoms with E-state index in [1.165, 1.54) is 0 Å². The first-order valence-corrected chi connectivity index (χ1v) is 6.79. The maximum absolute atomic E-state index is 12.2. The molecule has 2 aromatic carbocycles. The van der Waals surface area contributed by atoms with E-state index >= 15 is 0 Å². The maximum Gasteiger partial charge on any atom is 0.230 e. The minimum Gasteiger partial charge on any atom is -0.497 e. The van der Waals surface area contributed by atoms with Gasteiger partial charge in [0.15, 0.2) is 0 Å². The normalized spacial score (nSPS) is 13.3. The van der Waals surface area contributed by atoms with E-state index in [0.29, 0.717) is 5.69 Å². The van der Waals surface area contributed by atoms with Gasteiger partial charge in [0.2, 0.25) is 5.91 Å². The zero-order chi connectivity index (χ0) is 15.2. The van der Waals surface area contributed by atoms with Crippen molar-refractivity contribution < 1.29 is 14.6 Å². The van der Waals surface area contributed by atoms with E-state index in [1.54, 1.807) is 38.3 Å². The molecule has 0 fully saturated rings. The monoisotopic (exact) mass is 285 g/mol. The maximum atomic E-state index is 12.2. The molecule has 0 saturated carbocycles. The predicted octanol–water partition coefficient (Wildman–Crippen LogP) is 3.00. The highest BCUT2D eigenvalue weighted by Gasteiger charge is 2.23. The standard InChI is InChI=1S/C17H19NO3/c1-12(16(19)13-6-4-3-5-7-13)17(20)18-14-8-10-15(21-2)11-9-14/h3-12,16,19H,1-2H3,(H,18,20)/t12-,16+/m0/s1. The van der Waals surface area contributed by atoms with Crippen LogP contribution < -0.4 is 10.1 Å². The first-order valence-electron chi connectivity index (χ1n) is 6.79. The zero-order valence-corrected chi connectivity index (χ0v) is 12.1. The summed E-state index contributed by atoms with van der Waals surface area (Å²) in [6, 6.07) is 16.2. The molecule has 110 valence electrons. The van der Waals surface area contributed by atoms with Gasteiger partial charge in [-0.3, -0.25) is 4.79 Å². The zero-order valence-electron chi connectivity index (χ0n) is 12.1. The van der Waals surface area contributed by atoms with Crippen molar-refractivity contribution >= 4 is 11.6 Å². The second kappa shape index (κ2) is 6.90. The molecule has 0 radical (unpaired) electrons. The summed E-state index contributed by atoms with van der Waals surface area (Å²) in [6.07, 6.45) is -0.829. The molecule has 0 aliphatic heterocycles. The summed E-state index contributed by atoms with van der Waals surface area (Å²) >= 11 is 0. The van der Waals surface area contributed by atoms with Crippen LogP contribution in [0.15, 0.2) is 54.6 Å². The lowest BCUT2D eigenvalue weighted by Gasteiger charge is -2.19. The summed E-state index contributed by atoms with van der Waals surface area (Å²) in [4.78, 5) is 12.2. The fourth-order valence-corrected chi connectivity index (χ4v) is 2.01. The Labute approximate surface area is 124 Å². The lowest BCUT2D eigenvalue weighted by Crippen LogP contribution is -2.25. The molecule has 4 heteroatoms. The summed E-state index contributed by atoms with van der Waals surface area (Å²) in [5.41, 5.74) is 1.41. The minimum atomic E-state index is -0.829. The number of benzene rings is 2. The third-order valence-corrected chi connectivity index (χ3v) is 3.39. The Balaban J connectivity index is 2.01. The number of amides is 1. The van der Waals surface area contributed by atoms with Crippen LogP contribution >= 0.6 is 0 Å². The molecule has 2 N–H and O–H groups in total. The van der Waals surface area contributed by atoms with Crippen molar-refractivity contribution in [1.82, 2.24) is 0 Å². The van der Waals surface area contributed by atoms with E-state index in [9.17, 15) is 9.90 Å². The predicted molar refractivity (Wildman–Crippen MR) is 82.2 cm³/mol. The van der Waals surface area contributed by atoms with Gasteiger partial charge in [0.1, 0.15) is 5.75 Å². The number of ether oxygens (including phenoxy) is 1. The average molecular weight is 285 g/mol. The van der Waals surface area contributed by atoms with Gasteiger partial charge in [0.05, 0.1) is 19.1 Å². The average Bonchev–Trinajstić information content (AvgIpc) is 2.55. The molecule has 0 aliphatic carbocycles. The molecule has 2 rings (SSSR count). The Hall–Kier alpha value is -2.33. The number of carbonyl (C=O) groups is 1. The van der Waals surface area contributed by atoms with Crippen LogP contribution in [0.4, 0.5) is 5.69 Å². The Bertz CT molecular complexity index is 581. The second-order valence-corrected chi connectivity index (χ2v) is 4.86. The molecule has 0 spiro atoms. The van der Waals surface area contributed by atoms with Gasteiger partial charge in [-0.2, -0.15) is 0 Å². The van der Waals surface area contributed by atoms with Crippen LogP contribution in [0.5, 0.6) is 5.75 Å². The Morgan fingerprint density at radius 3 is 2.29 bits per heavy atom. The molecule has 21 heavy (non-hydrogen) atoms. The number of methoxy groups -OCH3 is 1. The summed E-state index contributed by atoms with van der Waals surface area (Å²) in [5, 5.41) is 13.0. The van der Waals surface area contributed by atoms with Crippen LogP contribution in [0.1, 0.15) is 18.6 Å². The summed E-state index contributed by atoms with van der Waals surface area (Å²) in [6.45, 7) is 1.70. The molecular weight excluding hydrogens is 266 g/mol. The lowest BCUT2D eigenvalue weighted by atomic mass is 9.96. The molecule has 1 amide bonds. The quantitative estimate of drug-likeness (QED) is 0.888. The van der Waals surface area contributed by atoms with Crippen LogP contribution in [0, 0.1) is 5.92 Å². The number of hydrogen-bond acceptors (Lipinski definition) is 3. The van der Waals surface area contributed by atoms with Crippen molar-refractivity contribution in [2.45, 2.75) is 13.0 Å². The van der Waals surface area contributed by atoms with Crippen molar-refractivity contribution in [2.24, 2.45) is 5.92 Å². The molecule has 0 bridgehead atoms. The van der Waals surface area contributed by atoms with Gasteiger partial charge in [0, 0.05) is 5.69 Å². The van der Waals surface area contributed by atoms with Gasteiger partial charge in [-0.15, -0.1) is 0 Å². The first-order chi connectivity index (χ1) is 10.1. The van der Waals surface area contributed by atoms with Gasteiger partial charge in [0.25, 0.3) is 0 Å². The smallest absolute Gasteiger partial charge is 0.230 e. The molecule has 0 aliphatic rings. The van der Waals surface area contributed by atoms with Gasteiger partial charge in [-0.05, 0) is 29.8 Å². The molecule has 2 atom stereocenters. The van der Waals surface area contributed by atoms with Gasteiger partial charge < -0.3 is 15.2 Å². The third kappa shape index (κ3) is 3.83. The van der Waals surface area contributed by atoms with E-state index in [2.05, 4.69) is 5.32 Å². The number of aliphatic hydroxyl groups excluding tert-OH is 1. The number of aliphatic hydroxyl groups is 1. The van der Waals surface area contributed by atoms with Crippen LogP contribution in [0.25, 0.3) is 0 Å². The molecule has 4 nitrogen and oxygen atoms in total. The van der Waals surface area contributed by atoms with Crippen LogP contribution in [0.2, 0.25) is 0 Å². The highest BCUT2D eigenvalue weighted by atomic mass is 16.5. The fourth-order valence-electron chi connectivity index (χ4n) is 2.01. The molecular formula is C17H19NO3. The largest absolute Gasteiger partial charge is 0.497 e. The van der Waals surface area contributed by atoms with Crippen LogP contribution in [-0.2, 0) is 4.79 Å². The van der Waals surface area contributed by atoms with Crippen molar-refractivity contribution in [3.63, 3.8) is 0 Å². The third-order valence-electron chi connectivity index (χ3n) is 3.39. The molecule has 2 aromatic rings. The second-order valence-electron chi connectivity index (χ2n) is 4.86. The van der Waals surface area contributed by atoms with Gasteiger partial charge in [-0.25, -0.2) is 0 Å². The Kier molecular flexibility index (Phi) is 4.95. The lowest BCUT2D eigenvalue weighted by molar-refractivity contribution is -0.122. The number of carbonyl (C=O) groups excluding carboxylic acids is 1. The summed E-state index contributed by atoms with van der Waals surface area (Å²) < 4.78 is 5.06. The first kappa shape index (κ1) is 15.1. The molecule has 0 saturated heterocycles. The topological polar surface area (TPSA) is 58.6 Å². The minimum absolute atomic E-state index is 0.225. The summed E-state index contributed by atoms with van der Waals surface area (Å²) in [7, 11) is 1.59. The number of hydrogen-bond donors (Lipinski definition) is 2. The number of rotatable bonds is 5. The van der Waals surface area contributed by atoms with Gasteiger partial charge >= 0.3 is 0 Å². The van der Waals surface area contributed by atoms with E-state index in [4.69, 9.17) is 4.74 Å². The van der Waals surface area contributed by atoms with E-state index in [-0.39, 0.29) is 5.91 Å². The van der Waals surface area contributed by atoms with Crippen LogP contribution in [0.3, 0.4) is 0 Å². The number of anilines is 1. The van der Waals surface area contributed by atoms with Gasteiger partial charge in [-0.1, -0.05) is 37.3 Å². The fraction of sp³-hybridized carbons (Fsp3) is 0.235. The van der Waals surface area contributed by atoms with Crippen molar-refractivity contribution in [3.05, 3.63) is 60.2 Å².